The highest BCUT2D eigenvalue weighted by Gasteiger charge is 2.08. The predicted octanol–water partition coefficient (Wildman–Crippen LogP) is -0.434. The summed E-state index contributed by atoms with van der Waals surface area (Å²) >= 11 is 0. The Kier molecular flexibility index (Phi) is 1.18. The summed E-state index contributed by atoms with van der Waals surface area (Å²) in [6.45, 7) is 1.24. The molecule has 1 aromatic heterocycles. The molecule has 0 unspecified atom stereocenters. The van der Waals surface area contributed by atoms with Crippen molar-refractivity contribution in [1.29, 1.82) is 0 Å². The summed E-state index contributed by atoms with van der Waals surface area (Å²) in [6, 6.07) is 0. The fraction of sp³-hybridized carbons (Fsp3) is 0.250. The van der Waals surface area contributed by atoms with Crippen LogP contribution in [0.3, 0.4) is 0 Å². The van der Waals surface area contributed by atoms with Gasteiger partial charge in [0.15, 0.2) is 5.78 Å². The molecule has 1 aromatic rings. The second-order valence-corrected chi connectivity index (χ2v) is 1.50. The molecule has 0 aliphatic heterocycles. The smallest absolute Gasteiger partial charge is 0.319 e. The first-order chi connectivity index (χ1) is 4.22. The van der Waals surface area contributed by atoms with Crippen LogP contribution in [0.1, 0.15) is 17.4 Å². The fourth-order valence-corrected chi connectivity index (χ4v) is 0.426. The molecular weight excluding hydrogens is 124 g/mol. The van der Waals surface area contributed by atoms with Crippen molar-refractivity contribution in [2.45, 2.75) is 6.92 Å². The number of H-pyrrole nitrogens is 1. The third kappa shape index (κ3) is 0.883. The van der Waals surface area contributed by atoms with E-state index in [9.17, 15) is 9.59 Å². The molecule has 0 aromatic carbocycles. The number of nitrogens with zero attached hydrogens (tertiary/aromatic N) is 1. The highest BCUT2D eigenvalue weighted by atomic mass is 16.5. The molecule has 1 rings (SSSR count). The summed E-state index contributed by atoms with van der Waals surface area (Å²) in [7, 11) is 0. The molecular formula is C4H4N2O3. The third-order valence-electron chi connectivity index (χ3n) is 0.823. The first-order valence-electron chi connectivity index (χ1n) is 2.26. The number of carbonyl (C=O) groups excluding carboxylic acids is 1. The van der Waals surface area contributed by atoms with Gasteiger partial charge in [0.2, 0.25) is 5.69 Å². The maximum absolute atomic E-state index is 10.4. The molecule has 5 heteroatoms. The minimum absolute atomic E-state index is 0.185. The van der Waals surface area contributed by atoms with Crippen LogP contribution < -0.4 is 5.63 Å². The van der Waals surface area contributed by atoms with Gasteiger partial charge in [-0.25, -0.2) is 4.79 Å². The fourth-order valence-electron chi connectivity index (χ4n) is 0.426. The van der Waals surface area contributed by atoms with Crippen molar-refractivity contribution < 1.29 is 9.32 Å². The molecule has 0 aliphatic rings. The van der Waals surface area contributed by atoms with Crippen LogP contribution in [0.15, 0.2) is 9.32 Å². The minimum atomic E-state index is -0.720. The maximum atomic E-state index is 10.4. The summed E-state index contributed by atoms with van der Waals surface area (Å²) in [5.74, 6) is -0.398. The Morgan fingerprint density at radius 3 is 2.67 bits per heavy atom. The van der Waals surface area contributed by atoms with E-state index in [1.165, 1.54) is 6.92 Å². The Bertz CT molecular complexity index is 271. The molecule has 0 aliphatic carbocycles. The highest BCUT2D eigenvalue weighted by molar-refractivity contribution is 5.91. The zero-order valence-electron chi connectivity index (χ0n) is 4.67. The number of aromatic amines is 1. The molecule has 0 radical (unpaired) electrons. The second kappa shape index (κ2) is 1.85. The zero-order chi connectivity index (χ0) is 6.85. The van der Waals surface area contributed by atoms with Crippen molar-refractivity contribution in [3.8, 4) is 0 Å². The van der Waals surface area contributed by atoms with Gasteiger partial charge in [0, 0.05) is 6.92 Å². The molecule has 9 heavy (non-hydrogen) atoms. The van der Waals surface area contributed by atoms with Crippen LogP contribution in [-0.2, 0) is 0 Å². The van der Waals surface area contributed by atoms with Crippen LogP contribution in [0, 0.1) is 0 Å². The molecule has 0 saturated carbocycles. The molecule has 0 amide bonds. The molecule has 0 spiro atoms. The van der Waals surface area contributed by atoms with Crippen LogP contribution in [0.2, 0.25) is 0 Å². The van der Waals surface area contributed by atoms with Crippen molar-refractivity contribution in [2.24, 2.45) is 0 Å². The van der Waals surface area contributed by atoms with Crippen molar-refractivity contribution >= 4 is 5.78 Å². The van der Waals surface area contributed by atoms with Gasteiger partial charge in [-0.15, -0.1) is 10.4 Å². The van der Waals surface area contributed by atoms with E-state index >= 15 is 0 Å². The number of hydrogen-bond donors (Lipinski definition) is 1. The molecule has 0 bridgehead atoms. The van der Waals surface area contributed by atoms with Crippen LogP contribution in [0.25, 0.3) is 0 Å². The van der Waals surface area contributed by atoms with Gasteiger partial charge >= 0.3 is 5.63 Å². The predicted molar refractivity (Wildman–Crippen MR) is 27.1 cm³/mol. The lowest BCUT2D eigenvalue weighted by Gasteiger charge is -1.73. The number of hydrogen-bond acceptors (Lipinski definition) is 4. The average molecular weight is 128 g/mol. The Labute approximate surface area is 49.6 Å². The number of carbonyl (C=O) groups is 1. The number of Topliss-reactive ketones (excluding diaryl/α,β-unsaturated/α-hetero) is 1. The zero-order valence-corrected chi connectivity index (χ0v) is 4.67. The Balaban J connectivity index is 3.24. The molecule has 5 nitrogen and oxygen atoms in total. The van der Waals surface area contributed by atoms with Gasteiger partial charge in [-0.3, -0.25) is 4.79 Å². The lowest BCUT2D eigenvalue weighted by Crippen LogP contribution is -2.07. The number of rotatable bonds is 1. The van der Waals surface area contributed by atoms with Crippen LogP contribution >= 0.6 is 0 Å². The van der Waals surface area contributed by atoms with Crippen LogP contribution in [-0.4, -0.2) is 16.2 Å². The first kappa shape index (κ1) is 5.74. The summed E-state index contributed by atoms with van der Waals surface area (Å²) in [5.41, 5.74) is -0.905. The molecule has 0 atom stereocenters. The summed E-state index contributed by atoms with van der Waals surface area (Å²) in [5, 5.41) is 5.18. The van der Waals surface area contributed by atoms with E-state index in [1.807, 2.05) is 5.27 Å². The molecule has 0 fully saturated rings. The summed E-state index contributed by atoms with van der Waals surface area (Å²) in [6.07, 6.45) is 0. The van der Waals surface area contributed by atoms with Crippen molar-refractivity contribution in [1.82, 2.24) is 10.4 Å². The Hall–Kier alpha value is -1.39. The number of ketones is 1. The molecule has 1 heterocycles. The van der Waals surface area contributed by atoms with Crippen LogP contribution in [0.4, 0.5) is 0 Å². The van der Waals surface area contributed by atoms with Crippen molar-refractivity contribution in [3.05, 3.63) is 16.1 Å². The van der Waals surface area contributed by atoms with E-state index in [0.29, 0.717) is 0 Å². The Morgan fingerprint density at radius 1 is 1.78 bits per heavy atom. The minimum Gasteiger partial charge on any atom is -0.319 e. The molecule has 1 N–H and O–H groups in total. The van der Waals surface area contributed by atoms with E-state index < -0.39 is 11.4 Å². The standard InChI is InChI=1S/C4H4N2O3/c1-2(7)3-4(8)9-6-5-3/h6H,1H3. The SMILES string of the molecule is CC(=O)c1n[nH]oc1=O. The van der Waals surface area contributed by atoms with Crippen molar-refractivity contribution in [3.63, 3.8) is 0 Å². The van der Waals surface area contributed by atoms with Gasteiger partial charge in [0.05, 0.1) is 0 Å². The topological polar surface area (TPSA) is 76.0 Å². The van der Waals surface area contributed by atoms with E-state index in [1.54, 1.807) is 0 Å². The van der Waals surface area contributed by atoms with Gasteiger partial charge in [-0.1, -0.05) is 0 Å². The monoisotopic (exact) mass is 128 g/mol. The first-order valence-corrected chi connectivity index (χ1v) is 2.26. The van der Waals surface area contributed by atoms with Gasteiger partial charge < -0.3 is 4.52 Å². The lowest BCUT2D eigenvalue weighted by atomic mass is 10.3. The number of nitrogens with one attached hydrogen (secondary N) is 1. The van der Waals surface area contributed by atoms with Gasteiger partial charge in [-0.2, -0.15) is 0 Å². The molecule has 0 saturated heterocycles. The summed E-state index contributed by atoms with van der Waals surface area (Å²) < 4.78 is 4.11. The van der Waals surface area contributed by atoms with E-state index in [4.69, 9.17) is 0 Å². The van der Waals surface area contributed by atoms with Gasteiger partial charge in [0.25, 0.3) is 0 Å². The lowest BCUT2D eigenvalue weighted by molar-refractivity contribution is 0.101. The maximum Gasteiger partial charge on any atom is 0.388 e. The second-order valence-electron chi connectivity index (χ2n) is 1.50. The van der Waals surface area contributed by atoms with E-state index in [0.717, 1.165) is 0 Å². The largest absolute Gasteiger partial charge is 0.388 e. The quantitative estimate of drug-likeness (QED) is 0.520. The number of aromatic nitrogens is 2. The normalized spacial score (nSPS) is 9.44. The van der Waals surface area contributed by atoms with Crippen LogP contribution in [0.5, 0.6) is 0 Å². The van der Waals surface area contributed by atoms with Gasteiger partial charge in [0.1, 0.15) is 0 Å². The van der Waals surface area contributed by atoms with Crippen molar-refractivity contribution in [2.75, 3.05) is 0 Å². The molecule has 48 valence electrons. The summed E-state index contributed by atoms with van der Waals surface area (Å²) in [4.78, 5) is 20.8. The van der Waals surface area contributed by atoms with Gasteiger partial charge in [-0.05, 0) is 0 Å². The Morgan fingerprint density at radius 2 is 2.44 bits per heavy atom. The third-order valence-corrected chi connectivity index (χ3v) is 0.823. The van der Waals surface area contributed by atoms with E-state index in [2.05, 4.69) is 9.62 Å². The highest BCUT2D eigenvalue weighted by Crippen LogP contribution is 1.81. The average Bonchev–Trinajstić information content (AvgIpc) is 2.13. The van der Waals surface area contributed by atoms with E-state index in [-0.39, 0.29) is 5.69 Å².